The average Bonchev–Trinajstić information content (AvgIpc) is 2.89. The number of ether oxygens (including phenoxy) is 3. The molecule has 2 N–H and O–H groups in total. The van der Waals surface area contributed by atoms with Gasteiger partial charge in [0.2, 0.25) is 0 Å². The fraction of sp³-hybridized carbons (Fsp3) is 0.381. The lowest BCUT2D eigenvalue weighted by Gasteiger charge is -2.21. The van der Waals surface area contributed by atoms with Crippen LogP contribution in [-0.2, 0) is 13.1 Å². The van der Waals surface area contributed by atoms with Gasteiger partial charge in [0.15, 0.2) is 11.5 Å². The van der Waals surface area contributed by atoms with Crippen LogP contribution in [0.25, 0.3) is 0 Å². The minimum absolute atomic E-state index is 0.213. The molecule has 1 aliphatic rings. The molecule has 2 aromatic rings. The number of anilines is 1. The number of urea groups is 1. The summed E-state index contributed by atoms with van der Waals surface area (Å²) in [5.41, 5.74) is 2.84. The Labute approximate surface area is 165 Å². The molecule has 0 atom stereocenters. The van der Waals surface area contributed by atoms with Crippen molar-refractivity contribution in [3.8, 4) is 17.2 Å². The van der Waals surface area contributed by atoms with Crippen LogP contribution in [0.1, 0.15) is 18.1 Å². The molecule has 0 saturated carbocycles. The fourth-order valence-corrected chi connectivity index (χ4v) is 3.32. The van der Waals surface area contributed by atoms with Crippen molar-refractivity contribution in [2.24, 2.45) is 0 Å². The highest BCUT2D eigenvalue weighted by Crippen LogP contribution is 2.33. The van der Waals surface area contributed by atoms with E-state index in [9.17, 15) is 4.79 Å². The van der Waals surface area contributed by atoms with Crippen molar-refractivity contribution >= 4 is 11.7 Å². The molecule has 7 heteroatoms. The van der Waals surface area contributed by atoms with Crippen LogP contribution in [0.15, 0.2) is 36.4 Å². The lowest BCUT2D eigenvalue weighted by Crippen LogP contribution is -2.28. The monoisotopic (exact) mass is 385 g/mol. The number of carbonyl (C=O) groups is 1. The molecule has 0 bridgehead atoms. The number of nitrogens with zero attached hydrogens (tertiary/aromatic N) is 1. The van der Waals surface area contributed by atoms with Gasteiger partial charge in [-0.25, -0.2) is 4.79 Å². The molecular weight excluding hydrogens is 358 g/mol. The third-order valence-electron chi connectivity index (χ3n) is 4.59. The summed E-state index contributed by atoms with van der Waals surface area (Å²) in [6, 6.07) is 11.4. The van der Waals surface area contributed by atoms with Crippen LogP contribution in [0.3, 0.4) is 0 Å². The van der Waals surface area contributed by atoms with E-state index in [4.69, 9.17) is 14.2 Å². The average molecular weight is 385 g/mol. The Balaban J connectivity index is 1.77. The number of rotatable bonds is 6. The maximum absolute atomic E-state index is 11.8. The zero-order valence-corrected chi connectivity index (χ0v) is 16.6. The molecule has 2 amide bonds. The van der Waals surface area contributed by atoms with Crippen molar-refractivity contribution in [1.82, 2.24) is 10.2 Å². The van der Waals surface area contributed by atoms with Gasteiger partial charge < -0.3 is 24.8 Å². The van der Waals surface area contributed by atoms with Gasteiger partial charge >= 0.3 is 6.03 Å². The summed E-state index contributed by atoms with van der Waals surface area (Å²) in [5, 5.41) is 5.58. The van der Waals surface area contributed by atoms with Crippen molar-refractivity contribution in [3.05, 3.63) is 47.5 Å². The highest BCUT2D eigenvalue weighted by molar-refractivity contribution is 5.89. The number of nitrogens with one attached hydrogen (secondary N) is 2. The highest BCUT2D eigenvalue weighted by Gasteiger charge is 2.19. The molecule has 0 fully saturated rings. The van der Waals surface area contributed by atoms with Gasteiger partial charge in [0.25, 0.3) is 0 Å². The van der Waals surface area contributed by atoms with Gasteiger partial charge in [0.05, 0.1) is 14.2 Å². The first kappa shape index (κ1) is 19.8. The lowest BCUT2D eigenvalue weighted by molar-refractivity contribution is 0.216. The summed E-state index contributed by atoms with van der Waals surface area (Å²) in [6.07, 6.45) is 0. The molecule has 150 valence electrons. The van der Waals surface area contributed by atoms with Gasteiger partial charge in [0.1, 0.15) is 12.4 Å². The Hall–Kier alpha value is -2.93. The Morgan fingerprint density at radius 1 is 1.21 bits per heavy atom. The molecule has 3 rings (SSSR count). The minimum atomic E-state index is -0.213. The van der Waals surface area contributed by atoms with Crippen LogP contribution in [0.5, 0.6) is 17.2 Å². The summed E-state index contributed by atoms with van der Waals surface area (Å²) >= 11 is 0. The summed E-state index contributed by atoms with van der Waals surface area (Å²) in [5.74, 6) is 2.32. The summed E-state index contributed by atoms with van der Waals surface area (Å²) in [4.78, 5) is 14.1. The lowest BCUT2D eigenvalue weighted by atomic mass is 10.1. The van der Waals surface area contributed by atoms with Crippen LogP contribution in [-0.4, -0.2) is 44.8 Å². The molecule has 0 unspecified atom stereocenters. The van der Waals surface area contributed by atoms with Gasteiger partial charge in [-0.1, -0.05) is 12.1 Å². The third-order valence-corrected chi connectivity index (χ3v) is 4.59. The van der Waals surface area contributed by atoms with Crippen molar-refractivity contribution in [1.29, 1.82) is 0 Å². The fourth-order valence-electron chi connectivity index (χ4n) is 3.32. The number of benzene rings is 2. The first-order chi connectivity index (χ1) is 13.6. The molecule has 2 aromatic carbocycles. The van der Waals surface area contributed by atoms with Crippen LogP contribution in [0.4, 0.5) is 10.5 Å². The normalized spacial score (nSPS) is 13.7. The third kappa shape index (κ3) is 4.67. The van der Waals surface area contributed by atoms with E-state index in [1.807, 2.05) is 43.3 Å². The van der Waals surface area contributed by atoms with Gasteiger partial charge in [-0.15, -0.1) is 0 Å². The summed E-state index contributed by atoms with van der Waals surface area (Å²) in [7, 11) is 3.29. The van der Waals surface area contributed by atoms with E-state index in [-0.39, 0.29) is 6.03 Å². The number of amides is 2. The van der Waals surface area contributed by atoms with Gasteiger partial charge in [-0.05, 0) is 31.2 Å². The van der Waals surface area contributed by atoms with E-state index in [2.05, 4.69) is 15.5 Å². The van der Waals surface area contributed by atoms with Crippen molar-refractivity contribution < 1.29 is 19.0 Å². The Morgan fingerprint density at radius 3 is 2.82 bits per heavy atom. The number of hydrogen-bond acceptors (Lipinski definition) is 5. The van der Waals surface area contributed by atoms with Crippen LogP contribution in [0, 0.1) is 0 Å². The number of methoxy groups -OCH3 is 2. The number of para-hydroxylation sites is 1. The number of carbonyl (C=O) groups excluding carboxylic acids is 1. The number of hydrogen-bond donors (Lipinski definition) is 2. The zero-order valence-electron chi connectivity index (χ0n) is 16.6. The highest BCUT2D eigenvalue weighted by atomic mass is 16.5. The van der Waals surface area contributed by atoms with E-state index in [0.29, 0.717) is 26.2 Å². The molecule has 0 spiro atoms. The molecular formula is C21H27N3O4. The van der Waals surface area contributed by atoms with Crippen LogP contribution >= 0.6 is 0 Å². The minimum Gasteiger partial charge on any atom is -0.493 e. The molecule has 0 radical (unpaired) electrons. The molecule has 0 aliphatic carbocycles. The quantitative estimate of drug-likeness (QED) is 0.799. The Bertz CT molecular complexity index is 825. The predicted molar refractivity (Wildman–Crippen MR) is 108 cm³/mol. The first-order valence-corrected chi connectivity index (χ1v) is 9.37. The van der Waals surface area contributed by atoms with Crippen LogP contribution in [0.2, 0.25) is 0 Å². The second-order valence-corrected chi connectivity index (χ2v) is 6.52. The Morgan fingerprint density at radius 2 is 2.07 bits per heavy atom. The van der Waals surface area contributed by atoms with Gasteiger partial charge in [-0.2, -0.15) is 0 Å². The van der Waals surface area contributed by atoms with Crippen molar-refractivity contribution in [2.45, 2.75) is 20.0 Å². The molecule has 7 nitrogen and oxygen atoms in total. The van der Waals surface area contributed by atoms with Gasteiger partial charge in [-0.3, -0.25) is 4.90 Å². The standard InChI is InChI=1S/C21H27N3O4/c1-4-22-21(25)23-17-8-9-18-16(12-17)14-24(10-11-28-18)13-15-6-5-7-19(26-2)20(15)27-3/h5-9,12H,4,10-11,13-14H2,1-3H3,(H2,22,23,25). The summed E-state index contributed by atoms with van der Waals surface area (Å²) in [6.45, 7) is 5.26. The molecule has 0 aromatic heterocycles. The zero-order chi connectivity index (χ0) is 19.9. The topological polar surface area (TPSA) is 72.1 Å². The number of fused-ring (bicyclic) bond motifs is 1. The second-order valence-electron chi connectivity index (χ2n) is 6.52. The molecule has 0 saturated heterocycles. The van der Waals surface area contributed by atoms with E-state index in [0.717, 1.165) is 40.6 Å². The van der Waals surface area contributed by atoms with Gasteiger partial charge in [0, 0.05) is 43.0 Å². The predicted octanol–water partition coefficient (Wildman–Crippen LogP) is 3.24. The molecule has 28 heavy (non-hydrogen) atoms. The smallest absolute Gasteiger partial charge is 0.319 e. The SMILES string of the molecule is CCNC(=O)Nc1ccc2c(c1)CN(Cc1cccc(OC)c1OC)CCO2. The second kappa shape index (κ2) is 9.32. The summed E-state index contributed by atoms with van der Waals surface area (Å²) < 4.78 is 16.9. The van der Waals surface area contributed by atoms with E-state index >= 15 is 0 Å². The first-order valence-electron chi connectivity index (χ1n) is 9.37. The van der Waals surface area contributed by atoms with E-state index < -0.39 is 0 Å². The molecule has 1 heterocycles. The largest absolute Gasteiger partial charge is 0.493 e. The van der Waals surface area contributed by atoms with E-state index in [1.165, 1.54) is 0 Å². The van der Waals surface area contributed by atoms with Crippen molar-refractivity contribution in [2.75, 3.05) is 39.2 Å². The maximum Gasteiger partial charge on any atom is 0.319 e. The van der Waals surface area contributed by atoms with Crippen LogP contribution < -0.4 is 24.8 Å². The molecule has 1 aliphatic heterocycles. The maximum atomic E-state index is 11.8. The Kier molecular flexibility index (Phi) is 6.60. The van der Waals surface area contributed by atoms with Crippen molar-refractivity contribution in [3.63, 3.8) is 0 Å². The van der Waals surface area contributed by atoms with E-state index in [1.54, 1.807) is 14.2 Å².